The SMILES string of the molecule is CCCC(N)CC(=O)NC1(C(=O)O)CCCCCC1. The first-order valence-corrected chi connectivity index (χ1v) is 7.30. The van der Waals surface area contributed by atoms with E-state index in [1.807, 2.05) is 6.92 Å². The Morgan fingerprint density at radius 3 is 2.32 bits per heavy atom. The lowest BCUT2D eigenvalue weighted by Gasteiger charge is -2.29. The molecule has 1 amide bonds. The van der Waals surface area contributed by atoms with E-state index < -0.39 is 11.5 Å². The fourth-order valence-electron chi connectivity index (χ4n) is 2.75. The number of carbonyl (C=O) groups excluding carboxylic acids is 1. The maximum atomic E-state index is 12.0. The summed E-state index contributed by atoms with van der Waals surface area (Å²) in [6, 6.07) is -0.179. The van der Waals surface area contributed by atoms with Crippen LogP contribution in [-0.2, 0) is 9.59 Å². The lowest BCUT2D eigenvalue weighted by atomic mass is 9.90. The zero-order valence-corrected chi connectivity index (χ0v) is 11.8. The van der Waals surface area contributed by atoms with Gasteiger partial charge >= 0.3 is 5.97 Å². The Labute approximate surface area is 114 Å². The van der Waals surface area contributed by atoms with Gasteiger partial charge in [0.1, 0.15) is 5.54 Å². The van der Waals surface area contributed by atoms with E-state index in [-0.39, 0.29) is 18.4 Å². The predicted molar refractivity (Wildman–Crippen MR) is 73.7 cm³/mol. The van der Waals surface area contributed by atoms with Gasteiger partial charge < -0.3 is 16.2 Å². The minimum Gasteiger partial charge on any atom is -0.480 e. The van der Waals surface area contributed by atoms with Gasteiger partial charge in [-0.1, -0.05) is 39.0 Å². The minimum absolute atomic E-state index is 0.179. The van der Waals surface area contributed by atoms with Gasteiger partial charge in [-0.25, -0.2) is 4.79 Å². The highest BCUT2D eigenvalue weighted by Gasteiger charge is 2.39. The van der Waals surface area contributed by atoms with Crippen molar-refractivity contribution in [3.8, 4) is 0 Å². The van der Waals surface area contributed by atoms with Crippen molar-refractivity contribution in [3.05, 3.63) is 0 Å². The molecule has 4 N–H and O–H groups in total. The highest BCUT2D eigenvalue weighted by Crippen LogP contribution is 2.27. The van der Waals surface area contributed by atoms with E-state index in [0.717, 1.165) is 38.5 Å². The Kier molecular flexibility index (Phi) is 6.28. The summed E-state index contributed by atoms with van der Waals surface area (Å²) in [5, 5.41) is 12.2. The summed E-state index contributed by atoms with van der Waals surface area (Å²) in [7, 11) is 0. The molecule has 110 valence electrons. The highest BCUT2D eigenvalue weighted by molar-refractivity contribution is 5.87. The molecule has 1 fully saturated rings. The first kappa shape index (κ1) is 16.0. The number of carbonyl (C=O) groups is 2. The van der Waals surface area contributed by atoms with E-state index in [2.05, 4.69) is 5.32 Å². The van der Waals surface area contributed by atoms with Gasteiger partial charge in [-0.15, -0.1) is 0 Å². The van der Waals surface area contributed by atoms with Crippen LogP contribution in [0.1, 0.15) is 64.7 Å². The maximum Gasteiger partial charge on any atom is 0.329 e. The second-order valence-corrected chi connectivity index (χ2v) is 5.60. The first-order chi connectivity index (χ1) is 9.00. The number of carboxylic acids is 1. The van der Waals surface area contributed by atoms with E-state index in [9.17, 15) is 14.7 Å². The van der Waals surface area contributed by atoms with Crippen LogP contribution in [0, 0.1) is 0 Å². The van der Waals surface area contributed by atoms with Gasteiger partial charge in [0, 0.05) is 12.5 Å². The number of aliphatic carboxylic acids is 1. The number of nitrogens with two attached hydrogens (primary N) is 1. The Hall–Kier alpha value is -1.10. The molecule has 1 aliphatic carbocycles. The summed E-state index contributed by atoms with van der Waals surface area (Å²) >= 11 is 0. The number of hydrogen-bond donors (Lipinski definition) is 3. The number of hydrogen-bond acceptors (Lipinski definition) is 3. The van der Waals surface area contributed by atoms with Crippen molar-refractivity contribution in [2.45, 2.75) is 76.3 Å². The first-order valence-electron chi connectivity index (χ1n) is 7.30. The van der Waals surface area contributed by atoms with Crippen LogP contribution in [0.25, 0.3) is 0 Å². The van der Waals surface area contributed by atoms with Crippen LogP contribution in [0.5, 0.6) is 0 Å². The fraction of sp³-hybridized carbons (Fsp3) is 0.857. The monoisotopic (exact) mass is 270 g/mol. The molecule has 0 spiro atoms. The van der Waals surface area contributed by atoms with Crippen molar-refractivity contribution in [1.29, 1.82) is 0 Å². The molecule has 0 aromatic heterocycles. The third-order valence-electron chi connectivity index (χ3n) is 3.85. The summed E-state index contributed by atoms with van der Waals surface area (Å²) in [6.07, 6.45) is 6.77. The van der Waals surface area contributed by atoms with Crippen molar-refractivity contribution < 1.29 is 14.7 Å². The average molecular weight is 270 g/mol. The van der Waals surface area contributed by atoms with Gasteiger partial charge in [0.15, 0.2) is 0 Å². The van der Waals surface area contributed by atoms with Crippen LogP contribution in [0.4, 0.5) is 0 Å². The normalized spacial score (nSPS) is 20.3. The molecular formula is C14H26N2O3. The Balaban J connectivity index is 2.62. The lowest BCUT2D eigenvalue weighted by Crippen LogP contribution is -2.55. The largest absolute Gasteiger partial charge is 0.480 e. The van der Waals surface area contributed by atoms with Crippen LogP contribution < -0.4 is 11.1 Å². The van der Waals surface area contributed by atoms with E-state index >= 15 is 0 Å². The molecule has 1 aliphatic rings. The van der Waals surface area contributed by atoms with E-state index in [4.69, 9.17) is 5.73 Å². The van der Waals surface area contributed by atoms with E-state index in [0.29, 0.717) is 12.8 Å². The van der Waals surface area contributed by atoms with Gasteiger partial charge in [0.2, 0.25) is 5.91 Å². The van der Waals surface area contributed by atoms with Crippen LogP contribution in [0.3, 0.4) is 0 Å². The molecule has 1 rings (SSSR count). The molecule has 5 nitrogen and oxygen atoms in total. The molecule has 1 unspecified atom stereocenters. The minimum atomic E-state index is -1.07. The van der Waals surface area contributed by atoms with E-state index in [1.165, 1.54) is 0 Å². The molecule has 19 heavy (non-hydrogen) atoms. The fourth-order valence-corrected chi connectivity index (χ4v) is 2.75. The lowest BCUT2D eigenvalue weighted by molar-refractivity contribution is -0.148. The molecule has 1 saturated carbocycles. The smallest absolute Gasteiger partial charge is 0.329 e. The van der Waals surface area contributed by atoms with Gasteiger partial charge in [-0.3, -0.25) is 4.79 Å². The molecule has 0 aliphatic heterocycles. The van der Waals surface area contributed by atoms with Crippen molar-refractivity contribution in [2.75, 3.05) is 0 Å². The van der Waals surface area contributed by atoms with Crippen molar-refractivity contribution >= 4 is 11.9 Å². The molecule has 5 heteroatoms. The molecule has 0 bridgehead atoms. The molecule has 0 aromatic carbocycles. The molecular weight excluding hydrogens is 244 g/mol. The Morgan fingerprint density at radius 2 is 1.84 bits per heavy atom. The van der Waals surface area contributed by atoms with Crippen molar-refractivity contribution in [2.24, 2.45) is 5.73 Å². The third-order valence-corrected chi connectivity index (χ3v) is 3.85. The maximum absolute atomic E-state index is 12.0. The summed E-state index contributed by atoms with van der Waals surface area (Å²) in [4.78, 5) is 23.5. The number of amides is 1. The number of nitrogens with one attached hydrogen (secondary N) is 1. The van der Waals surface area contributed by atoms with Crippen LogP contribution in [0.2, 0.25) is 0 Å². The predicted octanol–water partition coefficient (Wildman–Crippen LogP) is 1.80. The Morgan fingerprint density at radius 1 is 1.26 bits per heavy atom. The Bertz CT molecular complexity index is 310. The molecule has 0 heterocycles. The number of carboxylic acid groups (broad SMARTS) is 1. The standard InChI is InChI=1S/C14H26N2O3/c1-2-7-11(15)10-12(17)16-14(13(18)19)8-5-3-4-6-9-14/h11H,2-10,15H2,1H3,(H,16,17)(H,18,19). The summed E-state index contributed by atoms with van der Waals surface area (Å²) in [5.41, 5.74) is 4.76. The van der Waals surface area contributed by atoms with Gasteiger partial charge in [-0.2, -0.15) is 0 Å². The van der Waals surface area contributed by atoms with E-state index in [1.54, 1.807) is 0 Å². The molecule has 0 radical (unpaired) electrons. The third kappa shape index (κ3) is 4.82. The van der Waals surface area contributed by atoms with Crippen molar-refractivity contribution in [1.82, 2.24) is 5.32 Å². The van der Waals surface area contributed by atoms with Gasteiger partial charge in [0.25, 0.3) is 0 Å². The summed E-state index contributed by atoms with van der Waals surface area (Å²) < 4.78 is 0. The second-order valence-electron chi connectivity index (χ2n) is 5.60. The van der Waals surface area contributed by atoms with Crippen LogP contribution >= 0.6 is 0 Å². The van der Waals surface area contributed by atoms with Gasteiger partial charge in [0.05, 0.1) is 0 Å². The van der Waals surface area contributed by atoms with Crippen LogP contribution in [0.15, 0.2) is 0 Å². The highest BCUT2D eigenvalue weighted by atomic mass is 16.4. The van der Waals surface area contributed by atoms with Crippen molar-refractivity contribution in [3.63, 3.8) is 0 Å². The van der Waals surface area contributed by atoms with Crippen LogP contribution in [-0.4, -0.2) is 28.6 Å². The quantitative estimate of drug-likeness (QED) is 0.642. The molecule has 0 aromatic rings. The number of rotatable bonds is 6. The summed E-state index contributed by atoms with van der Waals surface area (Å²) in [6.45, 7) is 2.02. The summed E-state index contributed by atoms with van der Waals surface area (Å²) in [5.74, 6) is -1.14. The average Bonchev–Trinajstić information content (AvgIpc) is 2.55. The molecule has 1 atom stereocenters. The molecule has 0 saturated heterocycles. The topological polar surface area (TPSA) is 92.4 Å². The zero-order chi connectivity index (χ0) is 14.3. The van der Waals surface area contributed by atoms with Gasteiger partial charge in [-0.05, 0) is 19.3 Å². The second kappa shape index (κ2) is 7.48. The zero-order valence-electron chi connectivity index (χ0n) is 11.8.